The van der Waals surface area contributed by atoms with Crippen LogP contribution in [0, 0.1) is 25.2 Å². The van der Waals surface area contributed by atoms with Gasteiger partial charge in [0.05, 0.1) is 30.3 Å². The Kier molecular flexibility index (Phi) is 6.36. The normalized spacial score (nSPS) is 22.8. The lowest BCUT2D eigenvalue weighted by atomic mass is 9.71. The molecule has 1 amide bonds. The minimum atomic E-state index is -1.09. The van der Waals surface area contributed by atoms with E-state index in [9.17, 15) is 19.5 Å². The summed E-state index contributed by atoms with van der Waals surface area (Å²) in [6, 6.07) is 7.01. The molecule has 1 N–H and O–H groups in total. The Labute approximate surface area is 240 Å². The van der Waals surface area contributed by atoms with Crippen molar-refractivity contribution in [3.63, 3.8) is 0 Å². The number of Topliss-reactive ketones (excluding diaryl/α,β-unsaturated/α-hetero) is 1. The van der Waals surface area contributed by atoms with Gasteiger partial charge >= 0.3 is 5.97 Å². The third-order valence-corrected chi connectivity index (χ3v) is 9.33. The summed E-state index contributed by atoms with van der Waals surface area (Å²) in [5.74, 6) is 0.171. The molecule has 4 aliphatic rings. The number of benzene rings is 1. The average Bonchev–Trinajstić information content (AvgIpc) is 3.60. The van der Waals surface area contributed by atoms with E-state index in [1.807, 2.05) is 30.9 Å². The number of carbonyl (C=O) groups is 3. The number of amides is 1. The lowest BCUT2D eigenvalue weighted by Gasteiger charge is -2.36. The number of hydrogen-bond donors (Lipinski definition) is 1. The van der Waals surface area contributed by atoms with Gasteiger partial charge in [-0.05, 0) is 74.3 Å². The molecule has 214 valence electrons. The molecule has 0 unspecified atom stereocenters. The third kappa shape index (κ3) is 4.10. The van der Waals surface area contributed by atoms with Crippen molar-refractivity contribution in [2.45, 2.75) is 72.3 Å². The second-order valence-corrected chi connectivity index (χ2v) is 12.2. The van der Waals surface area contributed by atoms with Gasteiger partial charge in [-0.1, -0.05) is 19.9 Å². The number of likely N-dealkylation sites (N-methyl/N-ethyl adjacent to an activating group) is 1. The molecule has 6 rings (SSSR count). The topological polar surface area (TPSA) is 106 Å². The maximum absolute atomic E-state index is 14.1. The molecule has 0 radical (unpaired) electrons. The molecule has 1 fully saturated rings. The summed E-state index contributed by atoms with van der Waals surface area (Å²) in [7, 11) is 1.59. The van der Waals surface area contributed by atoms with Crippen LogP contribution in [-0.4, -0.2) is 52.3 Å². The lowest BCUT2D eigenvalue weighted by molar-refractivity contribution is -0.127. The molecule has 0 bridgehead atoms. The number of nitrogens with zero attached hydrogens (tertiary/aromatic N) is 2. The van der Waals surface area contributed by atoms with E-state index < -0.39 is 11.9 Å². The highest BCUT2D eigenvalue weighted by molar-refractivity contribution is 6.07. The van der Waals surface area contributed by atoms with Crippen LogP contribution in [0.1, 0.15) is 79.6 Å². The SMILES string of the molecule is CCN1C(=O)C2=C(OC3=C(C(=O)CC4(CC4)C3)[C@@H]2c2c(OC)ccc(-c3ccc(C)c(C(=O)O)n3)c2C)[C@H]1C(C)C. The first-order valence-corrected chi connectivity index (χ1v) is 14.4. The van der Waals surface area contributed by atoms with Gasteiger partial charge in [-0.15, -0.1) is 0 Å². The number of aromatic carboxylic acids is 1. The minimum Gasteiger partial charge on any atom is -0.496 e. The van der Waals surface area contributed by atoms with Crippen LogP contribution in [-0.2, 0) is 14.3 Å². The fourth-order valence-corrected chi connectivity index (χ4v) is 7.08. The molecular weight excluding hydrogens is 520 g/mol. The summed E-state index contributed by atoms with van der Waals surface area (Å²) >= 11 is 0. The lowest BCUT2D eigenvalue weighted by Crippen LogP contribution is -2.39. The molecule has 1 saturated carbocycles. The van der Waals surface area contributed by atoms with Crippen molar-refractivity contribution in [2.75, 3.05) is 13.7 Å². The highest BCUT2D eigenvalue weighted by atomic mass is 16.5. The fraction of sp³-hybridized carbons (Fsp3) is 0.455. The number of hydrogen-bond acceptors (Lipinski definition) is 6. The summed E-state index contributed by atoms with van der Waals surface area (Å²) in [6.07, 6.45) is 3.16. The van der Waals surface area contributed by atoms with Crippen LogP contribution in [0.5, 0.6) is 5.75 Å². The van der Waals surface area contributed by atoms with E-state index in [0.29, 0.717) is 59.1 Å². The highest BCUT2D eigenvalue weighted by Gasteiger charge is 2.56. The molecule has 0 saturated heterocycles. The third-order valence-electron chi connectivity index (χ3n) is 9.33. The maximum Gasteiger partial charge on any atom is 0.354 e. The molecule has 1 aromatic heterocycles. The molecule has 1 aromatic carbocycles. The number of allylic oxidation sites excluding steroid dienone is 2. The fourth-order valence-electron chi connectivity index (χ4n) is 7.08. The van der Waals surface area contributed by atoms with E-state index in [0.717, 1.165) is 29.5 Å². The molecule has 3 heterocycles. The zero-order valence-corrected chi connectivity index (χ0v) is 24.5. The molecule has 41 heavy (non-hydrogen) atoms. The second kappa shape index (κ2) is 9.57. The van der Waals surface area contributed by atoms with Crippen molar-refractivity contribution >= 4 is 17.7 Å². The van der Waals surface area contributed by atoms with Crippen molar-refractivity contribution in [1.29, 1.82) is 0 Å². The molecule has 8 heteroatoms. The minimum absolute atomic E-state index is 0.0122. The summed E-state index contributed by atoms with van der Waals surface area (Å²) in [5.41, 5.74) is 4.32. The summed E-state index contributed by atoms with van der Waals surface area (Å²) in [6.45, 7) is 10.3. The van der Waals surface area contributed by atoms with Crippen LogP contribution in [0.4, 0.5) is 0 Å². The van der Waals surface area contributed by atoms with Gasteiger partial charge in [0.25, 0.3) is 5.91 Å². The second-order valence-electron chi connectivity index (χ2n) is 12.2. The van der Waals surface area contributed by atoms with Gasteiger partial charge in [-0.25, -0.2) is 9.78 Å². The van der Waals surface area contributed by atoms with Crippen molar-refractivity contribution in [2.24, 2.45) is 11.3 Å². The van der Waals surface area contributed by atoms with Crippen LogP contribution in [0.3, 0.4) is 0 Å². The molecule has 8 nitrogen and oxygen atoms in total. The highest BCUT2D eigenvalue weighted by Crippen LogP contribution is 2.61. The predicted octanol–water partition coefficient (Wildman–Crippen LogP) is 5.72. The Morgan fingerprint density at radius 1 is 1.15 bits per heavy atom. The Hall–Kier alpha value is -3.94. The zero-order chi connectivity index (χ0) is 29.4. The Balaban J connectivity index is 1.61. The molecule has 2 atom stereocenters. The molecule has 2 aliphatic carbocycles. The van der Waals surface area contributed by atoms with Crippen LogP contribution in [0.2, 0.25) is 0 Å². The number of carboxylic acid groups (broad SMARTS) is 1. The zero-order valence-electron chi connectivity index (χ0n) is 24.5. The van der Waals surface area contributed by atoms with Gasteiger partial charge in [-0.2, -0.15) is 0 Å². The van der Waals surface area contributed by atoms with Crippen molar-refractivity contribution in [3.05, 3.63) is 69.3 Å². The smallest absolute Gasteiger partial charge is 0.354 e. The van der Waals surface area contributed by atoms with Gasteiger partial charge in [0.15, 0.2) is 11.5 Å². The van der Waals surface area contributed by atoms with E-state index >= 15 is 0 Å². The number of methoxy groups -OCH3 is 1. The number of rotatable bonds is 6. The number of carbonyl (C=O) groups excluding carboxylic acids is 2. The molecular formula is C33H36N2O6. The number of aryl methyl sites for hydroxylation is 1. The van der Waals surface area contributed by atoms with Gasteiger partial charge < -0.3 is 19.5 Å². The van der Waals surface area contributed by atoms with Gasteiger partial charge in [-0.3, -0.25) is 9.59 Å². The molecule has 2 aromatic rings. The van der Waals surface area contributed by atoms with Crippen LogP contribution in [0.15, 0.2) is 46.9 Å². The van der Waals surface area contributed by atoms with Crippen molar-refractivity contribution < 1.29 is 29.0 Å². The first kappa shape index (κ1) is 27.2. The quantitative estimate of drug-likeness (QED) is 0.485. The van der Waals surface area contributed by atoms with Crippen LogP contribution in [0.25, 0.3) is 11.3 Å². The maximum atomic E-state index is 14.1. The predicted molar refractivity (Wildman–Crippen MR) is 152 cm³/mol. The molecule has 1 spiro atoms. The Bertz CT molecular complexity index is 1580. The van der Waals surface area contributed by atoms with Gasteiger partial charge in [0.1, 0.15) is 17.3 Å². The van der Waals surface area contributed by atoms with Gasteiger partial charge in [0, 0.05) is 36.1 Å². The first-order chi connectivity index (χ1) is 19.5. The summed E-state index contributed by atoms with van der Waals surface area (Å²) < 4.78 is 12.5. The largest absolute Gasteiger partial charge is 0.496 e. The number of aromatic nitrogens is 1. The Morgan fingerprint density at radius 2 is 1.88 bits per heavy atom. The van der Waals surface area contributed by atoms with Crippen molar-refractivity contribution in [3.8, 4) is 17.0 Å². The van der Waals surface area contributed by atoms with Gasteiger partial charge in [0.2, 0.25) is 0 Å². The summed E-state index contributed by atoms with van der Waals surface area (Å²) in [4.78, 5) is 46.3. The van der Waals surface area contributed by atoms with E-state index in [1.54, 1.807) is 26.2 Å². The number of ketones is 1. The van der Waals surface area contributed by atoms with E-state index in [2.05, 4.69) is 18.8 Å². The number of ether oxygens (including phenoxy) is 2. The first-order valence-electron chi connectivity index (χ1n) is 14.4. The molecule has 2 aliphatic heterocycles. The monoisotopic (exact) mass is 556 g/mol. The number of pyridine rings is 1. The van der Waals surface area contributed by atoms with E-state index in [-0.39, 0.29) is 34.8 Å². The van der Waals surface area contributed by atoms with Crippen LogP contribution < -0.4 is 4.74 Å². The van der Waals surface area contributed by atoms with E-state index in [1.165, 1.54) is 0 Å². The average molecular weight is 557 g/mol. The Morgan fingerprint density at radius 3 is 2.49 bits per heavy atom. The van der Waals surface area contributed by atoms with Crippen molar-refractivity contribution in [1.82, 2.24) is 9.88 Å². The van der Waals surface area contributed by atoms with E-state index in [4.69, 9.17) is 9.47 Å². The number of carboxylic acids is 1. The van der Waals surface area contributed by atoms with Crippen LogP contribution >= 0.6 is 0 Å². The summed E-state index contributed by atoms with van der Waals surface area (Å²) in [5, 5.41) is 9.71. The standard InChI is InChI=1S/C33H36N2O6/c1-7-35-29(16(2)3)30-27(31(35)37)26(25-21(36)14-33(12-13-33)15-23(25)41-30)24-18(5)19(9-11-22(24)40-6)20-10-8-17(4)28(34-20)32(38)39/h8-11,16,26,29H,7,12-15H2,1-6H3,(H,38,39)/t26-,29+/m0/s1.